The van der Waals surface area contributed by atoms with E-state index < -0.39 is 0 Å². The van der Waals surface area contributed by atoms with Gasteiger partial charge in [0.05, 0.1) is 18.4 Å². The van der Waals surface area contributed by atoms with Crippen LogP contribution in [0.5, 0.6) is 0 Å². The summed E-state index contributed by atoms with van der Waals surface area (Å²) in [5.41, 5.74) is 6.39. The fourth-order valence-corrected chi connectivity index (χ4v) is 2.14. The van der Waals surface area contributed by atoms with E-state index >= 15 is 0 Å². The fraction of sp³-hybridized carbons (Fsp3) is 0.538. The van der Waals surface area contributed by atoms with Crippen LogP contribution < -0.4 is 11.1 Å². The Bertz CT molecular complexity index is 364. The molecule has 0 unspecified atom stereocenters. The zero-order valence-electron chi connectivity index (χ0n) is 9.92. The lowest BCUT2D eigenvalue weighted by Gasteiger charge is -2.12. The van der Waals surface area contributed by atoms with Crippen LogP contribution in [-0.4, -0.2) is 19.3 Å². The number of hydrogen-bond acceptors (Lipinski definition) is 3. The average Bonchev–Trinajstić information content (AvgIpc) is 2.79. The minimum Gasteiger partial charge on any atom is -0.399 e. The highest BCUT2D eigenvalue weighted by molar-refractivity contribution is 5.52. The molecule has 0 spiro atoms. The summed E-state index contributed by atoms with van der Waals surface area (Å²) in [4.78, 5) is 0. The third-order valence-electron chi connectivity index (χ3n) is 3.07. The number of nitrogen functional groups attached to an aromatic ring is 1. The van der Waals surface area contributed by atoms with Gasteiger partial charge in [-0.05, 0) is 31.0 Å². The Balaban J connectivity index is 1.70. The van der Waals surface area contributed by atoms with Crippen molar-refractivity contribution in [2.45, 2.75) is 31.8 Å². The van der Waals surface area contributed by atoms with Gasteiger partial charge >= 0.3 is 0 Å². The predicted molar refractivity (Wildman–Crippen MR) is 67.5 cm³/mol. The standard InChI is InChI=1S/C13H19FN2O/c14-12-9-10(15)5-6-13(12)16-7-8-17-11-3-1-2-4-11/h5-6,9,11,16H,1-4,7-8,15H2. The molecule has 3 nitrogen and oxygen atoms in total. The summed E-state index contributed by atoms with van der Waals surface area (Å²) in [6, 6.07) is 4.66. The quantitative estimate of drug-likeness (QED) is 0.612. The van der Waals surface area contributed by atoms with Gasteiger partial charge in [-0.1, -0.05) is 12.8 Å². The Morgan fingerprint density at radius 1 is 1.35 bits per heavy atom. The minimum atomic E-state index is -0.314. The van der Waals surface area contributed by atoms with Crippen LogP contribution in [0.25, 0.3) is 0 Å². The lowest BCUT2D eigenvalue weighted by atomic mass is 10.2. The number of ether oxygens (including phenoxy) is 1. The summed E-state index contributed by atoms with van der Waals surface area (Å²) in [7, 11) is 0. The third-order valence-corrected chi connectivity index (χ3v) is 3.07. The maximum Gasteiger partial charge on any atom is 0.148 e. The summed E-state index contributed by atoms with van der Waals surface area (Å²) in [6.45, 7) is 1.24. The van der Waals surface area contributed by atoms with Crippen LogP contribution in [0, 0.1) is 5.82 Å². The normalized spacial score (nSPS) is 16.3. The summed E-state index contributed by atoms with van der Waals surface area (Å²) >= 11 is 0. The maximum atomic E-state index is 13.4. The molecule has 1 saturated carbocycles. The minimum absolute atomic E-state index is 0.314. The summed E-state index contributed by atoms with van der Waals surface area (Å²) in [5.74, 6) is -0.314. The van der Waals surface area contributed by atoms with Crippen molar-refractivity contribution < 1.29 is 9.13 Å². The molecule has 17 heavy (non-hydrogen) atoms. The van der Waals surface area contributed by atoms with Crippen molar-refractivity contribution in [2.75, 3.05) is 24.2 Å². The van der Waals surface area contributed by atoms with E-state index in [2.05, 4.69) is 5.32 Å². The molecular weight excluding hydrogens is 219 g/mol. The molecule has 1 aromatic rings. The molecule has 0 aliphatic heterocycles. The molecule has 0 bridgehead atoms. The van der Waals surface area contributed by atoms with Crippen LogP contribution in [0.2, 0.25) is 0 Å². The SMILES string of the molecule is Nc1ccc(NCCOC2CCCC2)c(F)c1. The Hall–Kier alpha value is -1.29. The largest absolute Gasteiger partial charge is 0.399 e. The van der Waals surface area contributed by atoms with E-state index in [0.717, 1.165) is 12.8 Å². The van der Waals surface area contributed by atoms with Crippen molar-refractivity contribution >= 4 is 11.4 Å². The second-order valence-corrected chi connectivity index (χ2v) is 4.44. The van der Waals surface area contributed by atoms with E-state index in [1.54, 1.807) is 12.1 Å². The van der Waals surface area contributed by atoms with Crippen molar-refractivity contribution in [1.29, 1.82) is 0 Å². The summed E-state index contributed by atoms with van der Waals surface area (Å²) in [5, 5.41) is 3.01. The molecule has 3 N–H and O–H groups in total. The number of nitrogens with two attached hydrogens (primary N) is 1. The van der Waals surface area contributed by atoms with Gasteiger partial charge in [0.15, 0.2) is 0 Å². The monoisotopic (exact) mass is 238 g/mol. The van der Waals surface area contributed by atoms with Crippen molar-refractivity contribution in [1.82, 2.24) is 0 Å². The van der Waals surface area contributed by atoms with E-state index in [0.29, 0.717) is 30.6 Å². The van der Waals surface area contributed by atoms with Gasteiger partial charge in [0.1, 0.15) is 5.82 Å². The Morgan fingerprint density at radius 3 is 2.82 bits per heavy atom. The molecule has 1 fully saturated rings. The van der Waals surface area contributed by atoms with Gasteiger partial charge in [-0.3, -0.25) is 0 Å². The van der Waals surface area contributed by atoms with E-state index in [1.807, 2.05) is 0 Å². The highest BCUT2D eigenvalue weighted by atomic mass is 19.1. The molecule has 4 heteroatoms. The fourth-order valence-electron chi connectivity index (χ4n) is 2.14. The first-order valence-electron chi connectivity index (χ1n) is 6.16. The van der Waals surface area contributed by atoms with Crippen molar-refractivity contribution in [3.8, 4) is 0 Å². The lowest BCUT2D eigenvalue weighted by molar-refractivity contribution is 0.0659. The van der Waals surface area contributed by atoms with Crippen LogP contribution in [0.3, 0.4) is 0 Å². The molecule has 0 atom stereocenters. The second kappa shape index (κ2) is 5.87. The van der Waals surface area contributed by atoms with E-state index in [4.69, 9.17) is 10.5 Å². The zero-order chi connectivity index (χ0) is 12.1. The molecule has 0 heterocycles. The van der Waals surface area contributed by atoms with Crippen LogP contribution in [0.4, 0.5) is 15.8 Å². The van der Waals surface area contributed by atoms with Crippen molar-refractivity contribution in [3.05, 3.63) is 24.0 Å². The van der Waals surface area contributed by atoms with E-state index in [1.165, 1.54) is 18.9 Å². The first-order valence-corrected chi connectivity index (χ1v) is 6.16. The Kier molecular flexibility index (Phi) is 4.20. The molecule has 2 rings (SSSR count). The highest BCUT2D eigenvalue weighted by Crippen LogP contribution is 2.21. The first-order chi connectivity index (χ1) is 8.25. The molecule has 1 aliphatic carbocycles. The highest BCUT2D eigenvalue weighted by Gasteiger charge is 2.14. The van der Waals surface area contributed by atoms with Gasteiger partial charge in [0, 0.05) is 12.2 Å². The molecule has 0 radical (unpaired) electrons. The predicted octanol–water partition coefficient (Wildman–Crippen LogP) is 2.78. The van der Waals surface area contributed by atoms with Crippen LogP contribution >= 0.6 is 0 Å². The maximum absolute atomic E-state index is 13.4. The number of halogens is 1. The van der Waals surface area contributed by atoms with Gasteiger partial charge in [-0.15, -0.1) is 0 Å². The molecule has 0 amide bonds. The number of rotatable bonds is 5. The molecule has 0 aromatic heterocycles. The molecule has 94 valence electrons. The Labute approximate surface area is 101 Å². The number of benzene rings is 1. The number of nitrogens with one attached hydrogen (secondary N) is 1. The van der Waals surface area contributed by atoms with E-state index in [9.17, 15) is 4.39 Å². The van der Waals surface area contributed by atoms with Gasteiger partial charge < -0.3 is 15.8 Å². The van der Waals surface area contributed by atoms with Crippen LogP contribution in [-0.2, 0) is 4.74 Å². The molecular formula is C13H19FN2O. The first kappa shape index (κ1) is 12.2. The molecule has 1 aromatic carbocycles. The third kappa shape index (κ3) is 3.60. The van der Waals surface area contributed by atoms with Gasteiger partial charge in [0.2, 0.25) is 0 Å². The van der Waals surface area contributed by atoms with Crippen LogP contribution in [0.1, 0.15) is 25.7 Å². The molecule has 0 saturated heterocycles. The van der Waals surface area contributed by atoms with Crippen LogP contribution in [0.15, 0.2) is 18.2 Å². The van der Waals surface area contributed by atoms with Crippen molar-refractivity contribution in [3.63, 3.8) is 0 Å². The van der Waals surface area contributed by atoms with E-state index in [-0.39, 0.29) is 5.82 Å². The van der Waals surface area contributed by atoms with Gasteiger partial charge in [0.25, 0.3) is 0 Å². The zero-order valence-corrected chi connectivity index (χ0v) is 9.92. The second-order valence-electron chi connectivity index (χ2n) is 4.44. The van der Waals surface area contributed by atoms with Crippen molar-refractivity contribution in [2.24, 2.45) is 0 Å². The Morgan fingerprint density at radius 2 is 2.12 bits per heavy atom. The van der Waals surface area contributed by atoms with Gasteiger partial charge in [-0.2, -0.15) is 0 Å². The number of anilines is 2. The lowest BCUT2D eigenvalue weighted by Crippen LogP contribution is -2.15. The smallest absolute Gasteiger partial charge is 0.148 e. The average molecular weight is 238 g/mol. The van der Waals surface area contributed by atoms with Gasteiger partial charge in [-0.25, -0.2) is 4.39 Å². The molecule has 1 aliphatic rings. The summed E-state index contributed by atoms with van der Waals surface area (Å²) < 4.78 is 19.1. The summed E-state index contributed by atoms with van der Waals surface area (Å²) in [6.07, 6.45) is 5.27. The topological polar surface area (TPSA) is 47.3 Å². The number of hydrogen-bond donors (Lipinski definition) is 2.